The highest BCUT2D eigenvalue weighted by molar-refractivity contribution is 7.19. The highest BCUT2D eigenvalue weighted by atomic mass is 32.1. The van der Waals surface area contributed by atoms with Gasteiger partial charge in [0.05, 0.1) is 24.7 Å². The summed E-state index contributed by atoms with van der Waals surface area (Å²) < 4.78 is 12.1. The molecular formula is C23H29N3O3S. The zero-order chi connectivity index (χ0) is 20.5. The zero-order valence-corrected chi connectivity index (χ0v) is 18.0. The molecule has 30 heavy (non-hydrogen) atoms. The summed E-state index contributed by atoms with van der Waals surface area (Å²) in [7, 11) is 0. The minimum absolute atomic E-state index is 0.213. The summed E-state index contributed by atoms with van der Waals surface area (Å²) in [5.74, 6) is 0.770. The van der Waals surface area contributed by atoms with Gasteiger partial charge in [-0.2, -0.15) is 0 Å². The topological polar surface area (TPSA) is 77.7 Å². The van der Waals surface area contributed by atoms with Gasteiger partial charge in [0.1, 0.15) is 10.6 Å². The Balaban J connectivity index is 1.33. The second-order valence-electron chi connectivity index (χ2n) is 8.53. The normalized spacial score (nSPS) is 27.5. The molecule has 2 aliphatic carbocycles. The molecule has 1 saturated heterocycles. The van der Waals surface area contributed by atoms with Crippen molar-refractivity contribution in [2.24, 2.45) is 5.73 Å². The number of morpholine rings is 1. The number of amides is 1. The van der Waals surface area contributed by atoms with Crippen LogP contribution in [0.4, 0.5) is 0 Å². The van der Waals surface area contributed by atoms with Crippen LogP contribution in [-0.2, 0) is 16.0 Å². The second-order valence-corrected chi connectivity index (χ2v) is 9.62. The molecule has 1 saturated carbocycles. The summed E-state index contributed by atoms with van der Waals surface area (Å²) in [6.07, 6.45) is 12.1. The van der Waals surface area contributed by atoms with Crippen molar-refractivity contribution >= 4 is 27.5 Å². The van der Waals surface area contributed by atoms with Crippen molar-refractivity contribution in [1.82, 2.24) is 9.88 Å². The number of pyridine rings is 1. The van der Waals surface area contributed by atoms with Crippen molar-refractivity contribution < 1.29 is 14.3 Å². The summed E-state index contributed by atoms with van der Waals surface area (Å²) in [6, 6.07) is 2.68. The van der Waals surface area contributed by atoms with Crippen LogP contribution in [0, 0.1) is 0 Å². The summed E-state index contributed by atoms with van der Waals surface area (Å²) >= 11 is 1.76. The van der Waals surface area contributed by atoms with Crippen molar-refractivity contribution in [3.8, 4) is 5.75 Å². The minimum Gasteiger partial charge on any atom is -0.490 e. The largest absolute Gasteiger partial charge is 0.490 e. The number of fused-ring (bicyclic) bond motifs is 3. The SMILES string of the molecule is NC(=O)C=C[C@H]1CCc2sc3nccc(OC4CCC(N5CCOCC5)CC4)c3c21. The first-order valence-corrected chi connectivity index (χ1v) is 11.9. The van der Waals surface area contributed by atoms with Gasteiger partial charge < -0.3 is 15.2 Å². The fourth-order valence-electron chi connectivity index (χ4n) is 5.22. The van der Waals surface area contributed by atoms with E-state index in [4.69, 9.17) is 15.2 Å². The van der Waals surface area contributed by atoms with Crippen molar-refractivity contribution in [3.05, 3.63) is 34.9 Å². The Hall–Kier alpha value is -1.96. The van der Waals surface area contributed by atoms with Gasteiger partial charge in [-0.15, -0.1) is 11.3 Å². The molecule has 3 heterocycles. The minimum atomic E-state index is -0.394. The van der Waals surface area contributed by atoms with E-state index in [2.05, 4.69) is 9.88 Å². The van der Waals surface area contributed by atoms with Crippen LogP contribution >= 0.6 is 11.3 Å². The molecule has 1 atom stereocenters. The number of aromatic nitrogens is 1. The van der Waals surface area contributed by atoms with E-state index >= 15 is 0 Å². The predicted molar refractivity (Wildman–Crippen MR) is 118 cm³/mol. The zero-order valence-electron chi connectivity index (χ0n) is 17.2. The van der Waals surface area contributed by atoms with Gasteiger partial charge in [0, 0.05) is 36.1 Å². The molecule has 1 aliphatic heterocycles. The molecule has 1 amide bonds. The average Bonchev–Trinajstić information content (AvgIpc) is 3.33. The molecule has 2 aromatic rings. The first kappa shape index (κ1) is 20.0. The molecular weight excluding hydrogens is 398 g/mol. The van der Waals surface area contributed by atoms with Gasteiger partial charge in [0.2, 0.25) is 5.91 Å². The summed E-state index contributed by atoms with van der Waals surface area (Å²) in [6.45, 7) is 3.84. The lowest BCUT2D eigenvalue weighted by molar-refractivity contribution is -0.113. The Labute approximate surface area is 181 Å². The van der Waals surface area contributed by atoms with Crippen molar-refractivity contribution in [2.75, 3.05) is 26.3 Å². The number of carbonyl (C=O) groups is 1. The fraction of sp³-hybridized carbons (Fsp3) is 0.565. The quantitative estimate of drug-likeness (QED) is 0.740. The van der Waals surface area contributed by atoms with E-state index < -0.39 is 5.91 Å². The highest BCUT2D eigenvalue weighted by Crippen LogP contribution is 2.47. The van der Waals surface area contributed by atoms with Gasteiger partial charge in [-0.05, 0) is 56.2 Å². The third-order valence-corrected chi connectivity index (χ3v) is 7.89. The van der Waals surface area contributed by atoms with Crippen LogP contribution in [0.3, 0.4) is 0 Å². The molecule has 2 N–H and O–H groups in total. The maximum Gasteiger partial charge on any atom is 0.241 e. The highest BCUT2D eigenvalue weighted by Gasteiger charge is 2.31. The van der Waals surface area contributed by atoms with E-state index in [0.29, 0.717) is 6.04 Å². The summed E-state index contributed by atoms with van der Waals surface area (Å²) in [4.78, 5) is 20.8. The monoisotopic (exact) mass is 427 g/mol. The first-order valence-electron chi connectivity index (χ1n) is 11.1. The van der Waals surface area contributed by atoms with Crippen LogP contribution in [0.5, 0.6) is 5.75 Å². The van der Waals surface area contributed by atoms with Crippen LogP contribution in [0.25, 0.3) is 10.2 Å². The van der Waals surface area contributed by atoms with Gasteiger partial charge in [-0.3, -0.25) is 9.69 Å². The molecule has 160 valence electrons. The maximum atomic E-state index is 11.2. The van der Waals surface area contributed by atoms with Gasteiger partial charge in [0.15, 0.2) is 0 Å². The van der Waals surface area contributed by atoms with Crippen LogP contribution in [0.1, 0.15) is 48.5 Å². The van der Waals surface area contributed by atoms with Crippen LogP contribution in [0.15, 0.2) is 24.4 Å². The molecule has 7 heteroatoms. The van der Waals surface area contributed by atoms with Crippen LogP contribution in [-0.4, -0.2) is 54.2 Å². The first-order chi connectivity index (χ1) is 14.7. The number of rotatable bonds is 5. The Kier molecular flexibility index (Phi) is 5.76. The van der Waals surface area contributed by atoms with Gasteiger partial charge >= 0.3 is 0 Å². The molecule has 0 radical (unpaired) electrons. The number of primary amides is 1. The average molecular weight is 428 g/mol. The molecule has 5 rings (SSSR count). The second kappa shape index (κ2) is 8.65. The van der Waals surface area contributed by atoms with Crippen molar-refractivity contribution in [3.63, 3.8) is 0 Å². The Bertz CT molecular complexity index is 943. The predicted octanol–water partition coefficient (Wildman–Crippen LogP) is 3.39. The lowest BCUT2D eigenvalue weighted by Gasteiger charge is -2.38. The van der Waals surface area contributed by atoms with E-state index in [1.165, 1.54) is 29.4 Å². The number of nitrogens with two attached hydrogens (primary N) is 1. The Morgan fingerprint density at radius 3 is 2.80 bits per heavy atom. The number of hydrogen-bond acceptors (Lipinski definition) is 6. The maximum absolute atomic E-state index is 11.2. The number of nitrogens with zero attached hydrogens (tertiary/aromatic N) is 2. The number of allylic oxidation sites excluding steroid dienone is 1. The fourth-order valence-corrected chi connectivity index (χ4v) is 6.47. The standard InChI is InChI=1S/C23H29N3O3S/c24-20(27)8-2-15-1-7-19-21(15)22-18(9-10-25-23(22)30-19)29-17-5-3-16(4-6-17)26-11-13-28-14-12-26/h2,8-10,15-17H,1,3-7,11-14H2,(H2,24,27)/t15-,16?,17?/m1/s1. The number of aryl methyl sites for hydroxylation is 1. The lowest BCUT2D eigenvalue weighted by Crippen LogP contribution is -2.46. The molecule has 2 aromatic heterocycles. The molecule has 0 bridgehead atoms. The van der Waals surface area contributed by atoms with E-state index in [0.717, 1.165) is 68.0 Å². The molecule has 0 aromatic carbocycles. The summed E-state index contributed by atoms with van der Waals surface area (Å²) in [5, 5.41) is 1.14. The third kappa shape index (κ3) is 3.98. The van der Waals surface area contributed by atoms with E-state index in [1.54, 1.807) is 11.3 Å². The van der Waals surface area contributed by atoms with Gasteiger partial charge in [-0.25, -0.2) is 4.98 Å². The number of thiophene rings is 1. The third-order valence-electron chi connectivity index (χ3n) is 6.71. The number of carbonyl (C=O) groups excluding carboxylic acids is 1. The van der Waals surface area contributed by atoms with Crippen molar-refractivity contribution in [2.45, 2.75) is 56.6 Å². The molecule has 0 unspecified atom stereocenters. The lowest BCUT2D eigenvalue weighted by atomic mass is 9.91. The number of hydrogen-bond donors (Lipinski definition) is 1. The Morgan fingerprint density at radius 1 is 1.23 bits per heavy atom. The Morgan fingerprint density at radius 2 is 2.03 bits per heavy atom. The van der Waals surface area contributed by atoms with Gasteiger partial charge in [-0.1, -0.05) is 6.08 Å². The number of ether oxygens (including phenoxy) is 2. The summed E-state index contributed by atoms with van der Waals surface area (Å²) in [5.41, 5.74) is 6.62. The van der Waals surface area contributed by atoms with Crippen LogP contribution in [0.2, 0.25) is 0 Å². The molecule has 2 fully saturated rings. The smallest absolute Gasteiger partial charge is 0.241 e. The van der Waals surface area contributed by atoms with E-state index in [9.17, 15) is 4.79 Å². The van der Waals surface area contributed by atoms with Gasteiger partial charge in [0.25, 0.3) is 0 Å². The van der Waals surface area contributed by atoms with E-state index in [-0.39, 0.29) is 12.0 Å². The van der Waals surface area contributed by atoms with Crippen molar-refractivity contribution in [1.29, 1.82) is 0 Å². The molecule has 0 spiro atoms. The van der Waals surface area contributed by atoms with Crippen LogP contribution < -0.4 is 10.5 Å². The molecule has 6 nitrogen and oxygen atoms in total. The van der Waals surface area contributed by atoms with E-state index in [1.807, 2.05) is 18.3 Å². The molecule has 3 aliphatic rings.